The van der Waals surface area contributed by atoms with Gasteiger partial charge in [0.1, 0.15) is 5.60 Å². The van der Waals surface area contributed by atoms with E-state index in [1.165, 1.54) is 0 Å². The van der Waals surface area contributed by atoms with Crippen LogP contribution >= 0.6 is 0 Å². The second kappa shape index (κ2) is 4.55. The van der Waals surface area contributed by atoms with Crippen molar-refractivity contribution in [1.29, 1.82) is 0 Å². The Morgan fingerprint density at radius 2 is 2.19 bits per heavy atom. The molecule has 1 saturated heterocycles. The first kappa shape index (κ1) is 14.5. The second-order valence-electron chi connectivity index (χ2n) is 6.73. The first-order valence-corrected chi connectivity index (χ1v) is 7.49. The molecule has 6 heteroatoms. The fourth-order valence-electron chi connectivity index (χ4n) is 4.01. The Morgan fingerprint density at radius 3 is 2.81 bits per heavy atom. The highest BCUT2D eigenvalue weighted by atomic mass is 16.8. The van der Waals surface area contributed by atoms with Crippen LogP contribution in [0.1, 0.15) is 52.0 Å². The highest BCUT2D eigenvalue weighted by molar-refractivity contribution is 5.27. The van der Waals surface area contributed by atoms with Crippen LogP contribution in [0.15, 0.2) is 11.0 Å². The summed E-state index contributed by atoms with van der Waals surface area (Å²) in [7, 11) is 0. The third-order valence-electron chi connectivity index (χ3n) is 4.85. The maximum atomic E-state index is 12.2. The number of rotatable bonds is 2. The molecule has 0 unspecified atom stereocenters. The van der Waals surface area contributed by atoms with Crippen molar-refractivity contribution in [3.8, 4) is 0 Å². The van der Waals surface area contributed by atoms with Gasteiger partial charge in [0.15, 0.2) is 11.7 Å². The van der Waals surface area contributed by atoms with Crippen molar-refractivity contribution in [2.75, 3.05) is 5.73 Å². The van der Waals surface area contributed by atoms with Crippen molar-refractivity contribution in [1.82, 2.24) is 9.97 Å². The summed E-state index contributed by atoms with van der Waals surface area (Å²) in [6.45, 7) is 8.04. The number of nitrogens with zero attached hydrogens (tertiary/aromatic N) is 1. The van der Waals surface area contributed by atoms with Crippen molar-refractivity contribution in [3.05, 3.63) is 22.1 Å². The van der Waals surface area contributed by atoms with Gasteiger partial charge in [0.05, 0.1) is 6.10 Å². The largest absolute Gasteiger partial charge is 0.369 e. The van der Waals surface area contributed by atoms with Gasteiger partial charge in [-0.15, -0.1) is 0 Å². The molecule has 3 rings (SSSR count). The van der Waals surface area contributed by atoms with Gasteiger partial charge in [0.25, 0.3) is 5.56 Å². The zero-order valence-corrected chi connectivity index (χ0v) is 13.0. The predicted octanol–water partition coefficient (Wildman–Crippen LogP) is 1.78. The minimum Gasteiger partial charge on any atom is -0.369 e. The lowest BCUT2D eigenvalue weighted by molar-refractivity contribution is -0.171. The summed E-state index contributed by atoms with van der Waals surface area (Å²) in [5, 5.41) is 0. The SMILES string of the molecule is CC[C@H]1C[C@@H](c2cnc(N)[nH]c2=O)[C@]2(C)OC(C)(C)O[C@H]12. The fourth-order valence-corrected chi connectivity index (χ4v) is 4.01. The molecule has 1 aromatic heterocycles. The van der Waals surface area contributed by atoms with Gasteiger partial charge < -0.3 is 15.2 Å². The van der Waals surface area contributed by atoms with Gasteiger partial charge in [-0.3, -0.25) is 9.78 Å². The van der Waals surface area contributed by atoms with Crippen LogP contribution in [0.2, 0.25) is 0 Å². The maximum absolute atomic E-state index is 12.2. The molecule has 2 aliphatic rings. The molecule has 1 aliphatic heterocycles. The van der Waals surface area contributed by atoms with Crippen LogP contribution < -0.4 is 11.3 Å². The molecule has 116 valence electrons. The zero-order chi connectivity index (χ0) is 15.4. The first-order chi connectivity index (χ1) is 9.77. The molecule has 0 amide bonds. The molecule has 21 heavy (non-hydrogen) atoms. The van der Waals surface area contributed by atoms with E-state index < -0.39 is 11.4 Å². The molecule has 0 aromatic carbocycles. The average Bonchev–Trinajstić information content (AvgIpc) is 2.76. The van der Waals surface area contributed by atoms with E-state index in [4.69, 9.17) is 15.2 Å². The van der Waals surface area contributed by atoms with Gasteiger partial charge in [-0.1, -0.05) is 13.3 Å². The number of anilines is 1. The quantitative estimate of drug-likeness (QED) is 0.867. The Hall–Kier alpha value is -1.40. The minimum atomic E-state index is -0.625. The van der Waals surface area contributed by atoms with Crippen LogP contribution in [0, 0.1) is 5.92 Å². The summed E-state index contributed by atoms with van der Waals surface area (Å²) >= 11 is 0. The number of ether oxygens (including phenoxy) is 2. The van der Waals surface area contributed by atoms with Crippen molar-refractivity contribution in [2.45, 2.75) is 63.9 Å². The monoisotopic (exact) mass is 293 g/mol. The number of hydrogen-bond donors (Lipinski definition) is 2. The van der Waals surface area contributed by atoms with E-state index in [9.17, 15) is 4.79 Å². The summed E-state index contributed by atoms with van der Waals surface area (Å²) < 4.78 is 12.3. The number of nitrogen functional groups attached to an aromatic ring is 1. The Morgan fingerprint density at radius 1 is 1.48 bits per heavy atom. The van der Waals surface area contributed by atoms with Gasteiger partial charge in [-0.25, -0.2) is 4.98 Å². The summed E-state index contributed by atoms with van der Waals surface area (Å²) in [5.74, 6) is -0.149. The molecule has 1 aromatic rings. The van der Waals surface area contributed by atoms with Crippen LogP contribution in [0.4, 0.5) is 5.95 Å². The van der Waals surface area contributed by atoms with Crippen LogP contribution in [-0.4, -0.2) is 27.5 Å². The molecule has 2 fully saturated rings. The van der Waals surface area contributed by atoms with Crippen LogP contribution in [0.3, 0.4) is 0 Å². The van der Waals surface area contributed by atoms with E-state index in [1.54, 1.807) is 6.20 Å². The van der Waals surface area contributed by atoms with Gasteiger partial charge in [0.2, 0.25) is 0 Å². The molecule has 6 nitrogen and oxygen atoms in total. The molecule has 0 bridgehead atoms. The number of aromatic nitrogens is 2. The predicted molar refractivity (Wildman–Crippen MR) is 78.9 cm³/mol. The number of H-pyrrole nitrogens is 1. The van der Waals surface area contributed by atoms with Crippen LogP contribution in [-0.2, 0) is 9.47 Å². The van der Waals surface area contributed by atoms with Crippen LogP contribution in [0.5, 0.6) is 0 Å². The Bertz CT molecular complexity index is 612. The maximum Gasteiger partial charge on any atom is 0.255 e. The van der Waals surface area contributed by atoms with E-state index >= 15 is 0 Å². The number of fused-ring (bicyclic) bond motifs is 1. The van der Waals surface area contributed by atoms with E-state index in [2.05, 4.69) is 16.9 Å². The minimum absolute atomic E-state index is 0.000506. The number of nitrogens with one attached hydrogen (secondary N) is 1. The average molecular weight is 293 g/mol. The number of hydrogen-bond acceptors (Lipinski definition) is 5. The molecule has 1 aliphatic carbocycles. The Kier molecular flexibility index (Phi) is 3.15. The van der Waals surface area contributed by atoms with E-state index in [0.29, 0.717) is 11.5 Å². The number of aromatic amines is 1. The fraction of sp³-hybridized carbons (Fsp3) is 0.733. The van der Waals surface area contributed by atoms with Gasteiger partial charge in [-0.05, 0) is 33.1 Å². The van der Waals surface area contributed by atoms with Crippen molar-refractivity contribution < 1.29 is 9.47 Å². The van der Waals surface area contributed by atoms with E-state index in [-0.39, 0.29) is 23.5 Å². The normalized spacial score (nSPS) is 37.6. The lowest BCUT2D eigenvalue weighted by atomic mass is 9.86. The third-order valence-corrected chi connectivity index (χ3v) is 4.85. The van der Waals surface area contributed by atoms with Gasteiger partial charge >= 0.3 is 0 Å². The molecular formula is C15H23N3O3. The summed E-state index contributed by atoms with van der Waals surface area (Å²) in [6.07, 6.45) is 3.44. The Labute approximate surface area is 124 Å². The van der Waals surface area contributed by atoms with E-state index in [0.717, 1.165) is 12.8 Å². The zero-order valence-electron chi connectivity index (χ0n) is 13.0. The first-order valence-electron chi connectivity index (χ1n) is 7.49. The third kappa shape index (κ3) is 2.17. The van der Waals surface area contributed by atoms with Gasteiger partial charge in [-0.2, -0.15) is 0 Å². The van der Waals surface area contributed by atoms with E-state index in [1.807, 2.05) is 20.8 Å². The molecular weight excluding hydrogens is 270 g/mol. The summed E-state index contributed by atoms with van der Waals surface area (Å²) in [4.78, 5) is 18.9. The standard InChI is InChI=1S/C15H23N3O3/c1-5-8-6-10(9-7-17-13(16)18-12(9)19)15(4)11(8)20-14(2,3)21-15/h7-8,10-11H,5-6H2,1-4H3,(H3,16,17,18,19)/t8-,10-,11+,15-/m0/s1. The molecule has 1 saturated carbocycles. The topological polar surface area (TPSA) is 90.2 Å². The highest BCUT2D eigenvalue weighted by Crippen LogP contribution is 2.56. The van der Waals surface area contributed by atoms with Crippen LogP contribution in [0.25, 0.3) is 0 Å². The van der Waals surface area contributed by atoms with Crippen molar-refractivity contribution >= 4 is 5.95 Å². The molecule has 2 heterocycles. The Balaban J connectivity index is 2.05. The summed E-state index contributed by atoms with van der Waals surface area (Å²) in [6, 6.07) is 0. The van der Waals surface area contributed by atoms with Crippen molar-refractivity contribution in [3.63, 3.8) is 0 Å². The smallest absolute Gasteiger partial charge is 0.255 e. The second-order valence-corrected chi connectivity index (χ2v) is 6.73. The number of nitrogens with two attached hydrogens (primary N) is 1. The lowest BCUT2D eigenvalue weighted by Crippen LogP contribution is -2.40. The molecule has 0 spiro atoms. The summed E-state index contributed by atoms with van der Waals surface area (Å²) in [5.41, 5.74) is 5.49. The highest BCUT2D eigenvalue weighted by Gasteiger charge is 2.62. The van der Waals surface area contributed by atoms with Gasteiger partial charge in [0, 0.05) is 17.7 Å². The molecule has 0 radical (unpaired) electrons. The lowest BCUT2D eigenvalue weighted by Gasteiger charge is -2.30. The van der Waals surface area contributed by atoms with Crippen molar-refractivity contribution in [2.24, 2.45) is 5.92 Å². The molecule has 4 atom stereocenters. The molecule has 3 N–H and O–H groups in total.